The molecule has 0 aromatic carbocycles. The zero-order valence-corrected chi connectivity index (χ0v) is 6.35. The van der Waals surface area contributed by atoms with Gasteiger partial charge in [0.2, 0.25) is 0 Å². The molecule has 0 aromatic heterocycles. The van der Waals surface area contributed by atoms with Crippen LogP contribution in [0.5, 0.6) is 0 Å². The lowest BCUT2D eigenvalue weighted by Crippen LogP contribution is -2.39. The molecule has 0 heterocycles. The molecule has 0 saturated heterocycles. The van der Waals surface area contributed by atoms with Crippen LogP contribution in [0.2, 0.25) is 0 Å². The monoisotopic (exact) mass is 143 g/mol. The number of nitrogens with one attached hydrogen (secondary N) is 1. The molecule has 4 heteroatoms. The van der Waals surface area contributed by atoms with Crippen molar-refractivity contribution in [1.82, 2.24) is 4.90 Å². The molecule has 0 aliphatic rings. The quantitative estimate of drug-likeness (QED) is 0.435. The number of hydrogen-bond donors (Lipinski definition) is 2. The highest BCUT2D eigenvalue weighted by Crippen LogP contribution is 1.90. The van der Waals surface area contributed by atoms with E-state index in [9.17, 15) is 4.79 Å². The first-order chi connectivity index (χ1) is 4.59. The van der Waals surface area contributed by atoms with Crippen LogP contribution in [0, 0.1) is 5.41 Å². The summed E-state index contributed by atoms with van der Waals surface area (Å²) in [6.07, 6.45) is 0.819. The topological polar surface area (TPSA) is 70.2 Å². The first kappa shape index (κ1) is 8.94. The van der Waals surface area contributed by atoms with Crippen molar-refractivity contribution < 1.29 is 4.79 Å². The van der Waals surface area contributed by atoms with E-state index in [2.05, 4.69) is 0 Å². The molecule has 0 atom stereocenters. The molecule has 2 amide bonds. The highest BCUT2D eigenvalue weighted by atomic mass is 16.2. The Morgan fingerprint density at radius 3 is 2.30 bits per heavy atom. The lowest BCUT2D eigenvalue weighted by Gasteiger charge is -2.16. The van der Waals surface area contributed by atoms with Crippen molar-refractivity contribution in [2.45, 2.75) is 20.3 Å². The summed E-state index contributed by atoms with van der Waals surface area (Å²) in [4.78, 5) is 11.8. The Labute approximate surface area is 60.5 Å². The molecule has 0 unspecified atom stereocenters. The van der Waals surface area contributed by atoms with Gasteiger partial charge in [-0.1, -0.05) is 6.92 Å². The smallest absolute Gasteiger partial charge is 0.320 e. The van der Waals surface area contributed by atoms with Gasteiger partial charge in [-0.05, 0) is 13.3 Å². The van der Waals surface area contributed by atoms with Crippen LogP contribution in [0.15, 0.2) is 0 Å². The van der Waals surface area contributed by atoms with Gasteiger partial charge in [-0.3, -0.25) is 10.3 Å². The van der Waals surface area contributed by atoms with E-state index in [1.54, 1.807) is 6.92 Å². The molecule has 0 aromatic rings. The van der Waals surface area contributed by atoms with Gasteiger partial charge in [-0.25, -0.2) is 4.79 Å². The number of primary amides is 1. The van der Waals surface area contributed by atoms with Crippen molar-refractivity contribution in [1.29, 1.82) is 5.41 Å². The van der Waals surface area contributed by atoms with E-state index < -0.39 is 6.03 Å². The molecule has 0 spiro atoms. The normalized spacial score (nSPS) is 9.00. The number of nitrogens with two attached hydrogens (primary N) is 1. The van der Waals surface area contributed by atoms with Crippen LogP contribution < -0.4 is 5.73 Å². The number of hydrogen-bond acceptors (Lipinski definition) is 2. The molecule has 0 aliphatic heterocycles. The van der Waals surface area contributed by atoms with Gasteiger partial charge in [0.25, 0.3) is 0 Å². The number of carbonyl (C=O) groups is 1. The Morgan fingerprint density at radius 1 is 1.70 bits per heavy atom. The second-order valence-corrected chi connectivity index (χ2v) is 2.08. The Hall–Kier alpha value is -1.06. The van der Waals surface area contributed by atoms with Crippen molar-refractivity contribution in [3.8, 4) is 0 Å². The third-order valence-corrected chi connectivity index (χ3v) is 1.12. The first-order valence-corrected chi connectivity index (χ1v) is 3.21. The summed E-state index contributed by atoms with van der Waals surface area (Å²) in [5.41, 5.74) is 4.97. The van der Waals surface area contributed by atoms with Crippen molar-refractivity contribution in [3.63, 3.8) is 0 Å². The van der Waals surface area contributed by atoms with Crippen molar-refractivity contribution in [3.05, 3.63) is 0 Å². The Balaban J connectivity index is 3.98. The molecule has 0 radical (unpaired) electrons. The van der Waals surface area contributed by atoms with E-state index in [0.717, 1.165) is 6.42 Å². The predicted octanol–water partition coefficient (Wildman–Crippen LogP) is 0.774. The SMILES string of the molecule is CCCN(C(C)=N)C(N)=O. The van der Waals surface area contributed by atoms with Gasteiger partial charge in [0.05, 0.1) is 0 Å². The molecule has 0 fully saturated rings. The molecule has 4 nitrogen and oxygen atoms in total. The second-order valence-electron chi connectivity index (χ2n) is 2.08. The van der Waals surface area contributed by atoms with E-state index in [1.807, 2.05) is 6.92 Å². The molecular formula is C6H13N3O. The maximum atomic E-state index is 10.5. The van der Waals surface area contributed by atoms with Crippen molar-refractivity contribution in [2.24, 2.45) is 5.73 Å². The molecular weight excluding hydrogens is 130 g/mol. The molecule has 0 bridgehead atoms. The largest absolute Gasteiger partial charge is 0.351 e. The van der Waals surface area contributed by atoms with Crippen LogP contribution in [0.25, 0.3) is 0 Å². The highest BCUT2D eigenvalue weighted by molar-refractivity contribution is 5.93. The average Bonchev–Trinajstić information content (AvgIpc) is 1.81. The number of carbonyl (C=O) groups excluding carboxylic acids is 1. The molecule has 0 saturated carbocycles. The van der Waals surface area contributed by atoms with Gasteiger partial charge in [-0.15, -0.1) is 0 Å². The number of nitrogens with zero attached hydrogens (tertiary/aromatic N) is 1. The van der Waals surface area contributed by atoms with Crippen LogP contribution in [-0.2, 0) is 0 Å². The summed E-state index contributed by atoms with van der Waals surface area (Å²) in [7, 11) is 0. The van der Waals surface area contributed by atoms with Crippen molar-refractivity contribution in [2.75, 3.05) is 6.54 Å². The van der Waals surface area contributed by atoms with Gasteiger partial charge in [0.15, 0.2) is 0 Å². The summed E-state index contributed by atoms with van der Waals surface area (Å²) in [5.74, 6) is 0.203. The molecule has 10 heavy (non-hydrogen) atoms. The summed E-state index contributed by atoms with van der Waals surface area (Å²) < 4.78 is 0. The van der Waals surface area contributed by atoms with E-state index in [0.29, 0.717) is 6.54 Å². The fourth-order valence-corrected chi connectivity index (χ4v) is 0.667. The molecule has 0 aliphatic carbocycles. The minimum absolute atomic E-state index is 0.203. The molecule has 58 valence electrons. The fraction of sp³-hybridized carbons (Fsp3) is 0.667. The zero-order chi connectivity index (χ0) is 8.15. The van der Waals surface area contributed by atoms with Crippen LogP contribution >= 0.6 is 0 Å². The molecule has 3 N–H and O–H groups in total. The van der Waals surface area contributed by atoms with E-state index in [4.69, 9.17) is 11.1 Å². The summed E-state index contributed by atoms with van der Waals surface area (Å²) in [6.45, 7) is 4.00. The van der Waals surface area contributed by atoms with Gasteiger partial charge in [-0.2, -0.15) is 0 Å². The first-order valence-electron chi connectivity index (χ1n) is 3.21. The van der Waals surface area contributed by atoms with Crippen LogP contribution in [0.4, 0.5) is 4.79 Å². The van der Waals surface area contributed by atoms with Crippen LogP contribution in [-0.4, -0.2) is 23.3 Å². The average molecular weight is 143 g/mol. The second kappa shape index (κ2) is 3.87. The number of rotatable bonds is 2. The van der Waals surface area contributed by atoms with E-state index >= 15 is 0 Å². The maximum absolute atomic E-state index is 10.5. The number of amides is 2. The Bertz CT molecular complexity index is 130. The maximum Gasteiger partial charge on any atom is 0.320 e. The third kappa shape index (κ3) is 2.48. The summed E-state index contributed by atoms with van der Waals surface area (Å²) in [6, 6.07) is -0.547. The van der Waals surface area contributed by atoms with E-state index in [-0.39, 0.29) is 5.84 Å². The van der Waals surface area contributed by atoms with Gasteiger partial charge in [0, 0.05) is 6.54 Å². The summed E-state index contributed by atoms with van der Waals surface area (Å²) >= 11 is 0. The lowest BCUT2D eigenvalue weighted by molar-refractivity contribution is 0.229. The Kier molecular flexibility index (Phi) is 3.46. The lowest BCUT2D eigenvalue weighted by atomic mass is 10.4. The van der Waals surface area contributed by atoms with Gasteiger partial charge >= 0.3 is 6.03 Å². The third-order valence-electron chi connectivity index (χ3n) is 1.12. The van der Waals surface area contributed by atoms with Crippen LogP contribution in [0.3, 0.4) is 0 Å². The number of amidine groups is 1. The van der Waals surface area contributed by atoms with Crippen LogP contribution in [0.1, 0.15) is 20.3 Å². The predicted molar refractivity (Wildman–Crippen MR) is 40.0 cm³/mol. The van der Waals surface area contributed by atoms with E-state index in [1.165, 1.54) is 4.90 Å². The standard InChI is InChI=1S/C6H13N3O/c1-3-4-9(5(2)7)6(8)10/h7H,3-4H2,1-2H3,(H2,8,10). The minimum Gasteiger partial charge on any atom is -0.351 e. The summed E-state index contributed by atoms with van der Waals surface area (Å²) in [5, 5.41) is 7.11. The Morgan fingerprint density at radius 2 is 2.20 bits per heavy atom. The zero-order valence-electron chi connectivity index (χ0n) is 6.35. The number of urea groups is 1. The molecule has 0 rings (SSSR count). The highest BCUT2D eigenvalue weighted by Gasteiger charge is 2.08. The van der Waals surface area contributed by atoms with Gasteiger partial charge in [0.1, 0.15) is 5.84 Å². The van der Waals surface area contributed by atoms with Crippen molar-refractivity contribution >= 4 is 11.9 Å². The van der Waals surface area contributed by atoms with Gasteiger partial charge < -0.3 is 5.73 Å². The fourth-order valence-electron chi connectivity index (χ4n) is 0.667. The minimum atomic E-state index is -0.547.